The summed E-state index contributed by atoms with van der Waals surface area (Å²) in [6.45, 7) is 4.85. The Bertz CT molecular complexity index is 676. The van der Waals surface area contributed by atoms with Crippen LogP contribution in [0, 0.1) is 5.92 Å². The molecule has 0 radical (unpaired) electrons. The van der Waals surface area contributed by atoms with E-state index >= 15 is 0 Å². The molecular weight excluding hydrogens is 300 g/mol. The molecule has 5 nitrogen and oxygen atoms in total. The highest BCUT2D eigenvalue weighted by atomic mass is 16.5. The van der Waals surface area contributed by atoms with Crippen molar-refractivity contribution in [2.75, 3.05) is 25.5 Å². The van der Waals surface area contributed by atoms with E-state index in [9.17, 15) is 0 Å². The van der Waals surface area contributed by atoms with Crippen LogP contribution in [0.4, 0.5) is 5.69 Å². The number of hydrogen-bond donors (Lipinski definition) is 1. The van der Waals surface area contributed by atoms with Gasteiger partial charge in [-0.1, -0.05) is 0 Å². The highest BCUT2D eigenvalue weighted by Crippen LogP contribution is 2.34. The van der Waals surface area contributed by atoms with E-state index in [1.54, 1.807) is 13.3 Å². The van der Waals surface area contributed by atoms with Gasteiger partial charge in [-0.05, 0) is 57.0 Å². The normalized spacial score (nSPS) is 28.6. The lowest BCUT2D eigenvalue weighted by atomic mass is 9.79. The number of anilines is 1. The quantitative estimate of drug-likeness (QED) is 0.937. The first kappa shape index (κ1) is 15.4. The zero-order valence-electron chi connectivity index (χ0n) is 14.3. The predicted octanol–water partition coefficient (Wildman–Crippen LogP) is 3.05. The maximum atomic E-state index is 5.10. The number of piperidine rings is 3. The lowest BCUT2D eigenvalue weighted by molar-refractivity contribution is 0.0458. The third-order valence-corrected chi connectivity index (χ3v) is 5.52. The monoisotopic (exact) mass is 324 g/mol. The van der Waals surface area contributed by atoms with Crippen LogP contribution >= 0.6 is 0 Å². The van der Waals surface area contributed by atoms with Gasteiger partial charge in [-0.3, -0.25) is 9.88 Å². The van der Waals surface area contributed by atoms with Gasteiger partial charge < -0.3 is 10.1 Å². The molecule has 3 fully saturated rings. The summed E-state index contributed by atoms with van der Waals surface area (Å²) in [5.41, 5.74) is 3.03. The minimum Gasteiger partial charge on any atom is -0.481 e. The van der Waals surface area contributed by atoms with Crippen LogP contribution in [-0.4, -0.2) is 47.2 Å². The van der Waals surface area contributed by atoms with Crippen LogP contribution in [0.15, 0.2) is 36.7 Å². The molecule has 5 heteroatoms. The Morgan fingerprint density at radius 2 is 1.92 bits per heavy atom. The highest BCUT2D eigenvalue weighted by molar-refractivity contribution is 5.60. The number of pyridine rings is 2. The van der Waals surface area contributed by atoms with Crippen molar-refractivity contribution in [3.8, 4) is 17.1 Å². The molecule has 2 aromatic rings. The van der Waals surface area contributed by atoms with E-state index in [1.165, 1.54) is 25.9 Å². The van der Waals surface area contributed by atoms with Gasteiger partial charge in [0.25, 0.3) is 0 Å². The summed E-state index contributed by atoms with van der Waals surface area (Å²) in [4.78, 5) is 11.4. The van der Waals surface area contributed by atoms with Crippen molar-refractivity contribution in [2.45, 2.75) is 31.8 Å². The van der Waals surface area contributed by atoms with E-state index in [2.05, 4.69) is 39.2 Å². The topological polar surface area (TPSA) is 50.3 Å². The Morgan fingerprint density at radius 1 is 1.08 bits per heavy atom. The zero-order chi connectivity index (χ0) is 16.5. The molecular formula is C19H24N4O. The lowest BCUT2D eigenvalue weighted by Crippen LogP contribution is -2.59. The number of fused-ring (bicyclic) bond motifs is 3. The highest BCUT2D eigenvalue weighted by Gasteiger charge is 2.39. The lowest BCUT2D eigenvalue weighted by Gasteiger charge is -2.50. The van der Waals surface area contributed by atoms with Crippen molar-refractivity contribution in [3.63, 3.8) is 0 Å². The van der Waals surface area contributed by atoms with Gasteiger partial charge >= 0.3 is 0 Å². The number of rotatable bonds is 4. The standard InChI is InChI=1S/C19H24N4O/c1-13-19(14-7-9-23(13)10-8-14)22-16-4-5-17(20-12-16)15-3-6-18(24-2)21-11-15/h3-6,11-14,19,22H,7-10H2,1-2H3/t13-,19-/m1/s1. The molecule has 0 saturated carbocycles. The van der Waals surface area contributed by atoms with Gasteiger partial charge in [0.1, 0.15) is 0 Å². The molecule has 24 heavy (non-hydrogen) atoms. The average molecular weight is 324 g/mol. The van der Waals surface area contributed by atoms with Crippen LogP contribution in [0.25, 0.3) is 11.3 Å². The Hall–Kier alpha value is -2.14. The van der Waals surface area contributed by atoms with Crippen molar-refractivity contribution in [1.29, 1.82) is 0 Å². The van der Waals surface area contributed by atoms with E-state index in [-0.39, 0.29) is 0 Å². The largest absolute Gasteiger partial charge is 0.481 e. The number of methoxy groups -OCH3 is 1. The summed E-state index contributed by atoms with van der Waals surface area (Å²) >= 11 is 0. The van der Waals surface area contributed by atoms with Gasteiger partial charge in [0.2, 0.25) is 5.88 Å². The van der Waals surface area contributed by atoms with Crippen molar-refractivity contribution < 1.29 is 4.74 Å². The summed E-state index contributed by atoms with van der Waals surface area (Å²) in [6, 6.07) is 9.15. The molecule has 3 aliphatic rings. The minimum absolute atomic E-state index is 0.530. The summed E-state index contributed by atoms with van der Waals surface area (Å²) in [7, 11) is 1.62. The molecule has 3 saturated heterocycles. The number of nitrogens with one attached hydrogen (secondary N) is 1. The van der Waals surface area contributed by atoms with Crippen molar-refractivity contribution >= 4 is 5.69 Å². The smallest absolute Gasteiger partial charge is 0.212 e. The fourth-order valence-corrected chi connectivity index (χ4v) is 4.04. The molecule has 5 heterocycles. The summed E-state index contributed by atoms with van der Waals surface area (Å²) in [5, 5.41) is 3.72. The predicted molar refractivity (Wildman–Crippen MR) is 95.2 cm³/mol. The Morgan fingerprint density at radius 3 is 2.50 bits per heavy atom. The Labute approximate surface area is 143 Å². The molecule has 0 spiro atoms. The molecule has 3 aliphatic heterocycles. The summed E-state index contributed by atoms with van der Waals surface area (Å²) < 4.78 is 5.10. The van der Waals surface area contributed by atoms with Crippen LogP contribution in [0.3, 0.4) is 0 Å². The SMILES string of the molecule is COc1ccc(-c2ccc(N[C@H]3C4CCN(CC4)[C@@H]3C)cn2)cn1. The van der Waals surface area contributed by atoms with E-state index in [4.69, 9.17) is 4.74 Å². The number of hydrogen-bond acceptors (Lipinski definition) is 5. The van der Waals surface area contributed by atoms with Gasteiger partial charge in [-0.25, -0.2) is 4.98 Å². The maximum absolute atomic E-state index is 5.10. The number of nitrogens with zero attached hydrogens (tertiary/aromatic N) is 3. The third-order valence-electron chi connectivity index (χ3n) is 5.52. The first-order valence-electron chi connectivity index (χ1n) is 8.71. The second-order valence-corrected chi connectivity index (χ2v) is 6.81. The molecule has 1 N–H and O–H groups in total. The van der Waals surface area contributed by atoms with Gasteiger partial charge in [-0.2, -0.15) is 0 Å². The molecule has 2 aromatic heterocycles. The maximum Gasteiger partial charge on any atom is 0.212 e. The van der Waals surface area contributed by atoms with Crippen LogP contribution in [0.1, 0.15) is 19.8 Å². The van der Waals surface area contributed by atoms with Gasteiger partial charge in [-0.15, -0.1) is 0 Å². The molecule has 5 rings (SSSR count). The van der Waals surface area contributed by atoms with Crippen LogP contribution in [0.5, 0.6) is 5.88 Å². The van der Waals surface area contributed by atoms with E-state index < -0.39 is 0 Å². The van der Waals surface area contributed by atoms with Crippen molar-refractivity contribution in [1.82, 2.24) is 14.9 Å². The summed E-state index contributed by atoms with van der Waals surface area (Å²) in [6.07, 6.45) is 6.35. The third kappa shape index (κ3) is 2.84. The molecule has 0 aliphatic carbocycles. The minimum atomic E-state index is 0.530. The second-order valence-electron chi connectivity index (χ2n) is 6.81. The first-order chi connectivity index (χ1) is 11.7. The molecule has 0 aromatic carbocycles. The zero-order valence-corrected chi connectivity index (χ0v) is 14.3. The first-order valence-corrected chi connectivity index (χ1v) is 8.71. The molecule has 126 valence electrons. The van der Waals surface area contributed by atoms with Crippen LogP contribution in [-0.2, 0) is 0 Å². The molecule has 0 unspecified atom stereocenters. The molecule has 2 atom stereocenters. The van der Waals surface area contributed by atoms with Crippen LogP contribution in [0.2, 0.25) is 0 Å². The van der Waals surface area contributed by atoms with E-state index in [0.717, 1.165) is 22.9 Å². The van der Waals surface area contributed by atoms with Gasteiger partial charge in [0, 0.05) is 29.9 Å². The fourth-order valence-electron chi connectivity index (χ4n) is 4.04. The fraction of sp³-hybridized carbons (Fsp3) is 0.474. The van der Waals surface area contributed by atoms with E-state index in [1.807, 2.05) is 18.3 Å². The second kappa shape index (κ2) is 6.40. The average Bonchev–Trinajstić information content (AvgIpc) is 2.66. The van der Waals surface area contributed by atoms with E-state index in [0.29, 0.717) is 18.0 Å². The molecule has 0 amide bonds. The van der Waals surface area contributed by atoms with Crippen LogP contribution < -0.4 is 10.1 Å². The summed E-state index contributed by atoms with van der Waals surface area (Å²) in [5.74, 6) is 1.41. The Kier molecular flexibility index (Phi) is 4.10. The number of ether oxygens (including phenoxy) is 1. The van der Waals surface area contributed by atoms with Crippen molar-refractivity contribution in [2.24, 2.45) is 5.92 Å². The van der Waals surface area contributed by atoms with Crippen molar-refractivity contribution in [3.05, 3.63) is 36.7 Å². The Balaban J connectivity index is 1.47. The van der Waals surface area contributed by atoms with Gasteiger partial charge in [0.05, 0.1) is 24.7 Å². The van der Waals surface area contributed by atoms with Gasteiger partial charge in [0.15, 0.2) is 0 Å². The number of aromatic nitrogens is 2. The molecule has 2 bridgehead atoms.